The summed E-state index contributed by atoms with van der Waals surface area (Å²) >= 11 is 6.13. The molecule has 2 aromatic carbocycles. The number of amides is 1. The third-order valence-electron chi connectivity index (χ3n) is 4.62. The molecule has 6 heteroatoms. The number of hydrogen-bond acceptors (Lipinski definition) is 4. The minimum Gasteiger partial charge on any atom is -0.484 e. The van der Waals surface area contributed by atoms with E-state index in [9.17, 15) is 4.79 Å². The van der Waals surface area contributed by atoms with E-state index in [0.717, 1.165) is 48.5 Å². The molecule has 1 N–H and O–H groups in total. The molecule has 1 aliphatic heterocycles. The summed E-state index contributed by atoms with van der Waals surface area (Å²) < 4.78 is 5.61. The number of rotatable bonds is 6. The van der Waals surface area contributed by atoms with Crippen molar-refractivity contribution >= 4 is 28.9 Å². The van der Waals surface area contributed by atoms with Crippen LogP contribution in [-0.2, 0) is 4.79 Å². The molecular formula is C21H24ClN3O2. The number of nitrogens with zero attached hydrogens (tertiary/aromatic N) is 2. The van der Waals surface area contributed by atoms with Gasteiger partial charge in [0.2, 0.25) is 0 Å². The first-order valence-electron chi connectivity index (χ1n) is 9.10. The summed E-state index contributed by atoms with van der Waals surface area (Å²) in [7, 11) is 0. The molecule has 1 saturated heterocycles. The molecule has 1 heterocycles. The van der Waals surface area contributed by atoms with Gasteiger partial charge in [-0.3, -0.25) is 10.2 Å². The smallest absolute Gasteiger partial charge is 0.260 e. The SMILES string of the molecule is C/C(=N/Nc1ccc(C)c(Cl)c1)c1ccc(OCC(=O)N2CCCC2)cc1. The van der Waals surface area contributed by atoms with E-state index in [4.69, 9.17) is 16.3 Å². The van der Waals surface area contributed by atoms with Crippen LogP contribution >= 0.6 is 11.6 Å². The van der Waals surface area contributed by atoms with Crippen molar-refractivity contribution in [2.45, 2.75) is 26.7 Å². The van der Waals surface area contributed by atoms with E-state index in [1.165, 1.54) is 0 Å². The minimum absolute atomic E-state index is 0.0512. The van der Waals surface area contributed by atoms with Crippen LogP contribution in [0.5, 0.6) is 5.75 Å². The average molecular weight is 386 g/mol. The Kier molecular flexibility index (Phi) is 6.35. The summed E-state index contributed by atoms with van der Waals surface area (Å²) in [6.45, 7) is 5.66. The van der Waals surface area contributed by atoms with Crippen molar-refractivity contribution in [3.63, 3.8) is 0 Å². The van der Waals surface area contributed by atoms with E-state index in [1.807, 2.05) is 61.2 Å². The molecule has 2 aromatic rings. The van der Waals surface area contributed by atoms with Gasteiger partial charge in [-0.05, 0) is 74.2 Å². The van der Waals surface area contributed by atoms with Crippen LogP contribution in [0, 0.1) is 6.92 Å². The van der Waals surface area contributed by atoms with Crippen molar-refractivity contribution in [3.8, 4) is 5.75 Å². The van der Waals surface area contributed by atoms with E-state index in [2.05, 4.69) is 10.5 Å². The number of nitrogens with one attached hydrogen (secondary N) is 1. The van der Waals surface area contributed by atoms with Gasteiger partial charge >= 0.3 is 0 Å². The van der Waals surface area contributed by atoms with Gasteiger partial charge in [-0.15, -0.1) is 0 Å². The van der Waals surface area contributed by atoms with E-state index in [1.54, 1.807) is 0 Å². The zero-order valence-corrected chi connectivity index (χ0v) is 16.4. The standard InChI is InChI=1S/C21H24ClN3O2/c1-15-5-8-18(13-20(15)22)24-23-16(2)17-6-9-19(10-7-17)27-14-21(26)25-11-3-4-12-25/h5-10,13,24H,3-4,11-12,14H2,1-2H3/b23-16-. The first kappa shape index (κ1) is 19.2. The molecule has 0 radical (unpaired) electrons. The highest BCUT2D eigenvalue weighted by Gasteiger charge is 2.18. The molecular weight excluding hydrogens is 362 g/mol. The van der Waals surface area contributed by atoms with Crippen LogP contribution in [-0.4, -0.2) is 36.2 Å². The third kappa shape index (κ3) is 5.23. The Labute approximate surface area is 165 Å². The zero-order valence-electron chi connectivity index (χ0n) is 15.7. The minimum atomic E-state index is 0.0512. The number of ether oxygens (including phenoxy) is 1. The van der Waals surface area contributed by atoms with Gasteiger partial charge in [0.25, 0.3) is 5.91 Å². The maximum absolute atomic E-state index is 12.0. The fourth-order valence-corrected chi connectivity index (χ4v) is 3.05. The highest BCUT2D eigenvalue weighted by atomic mass is 35.5. The third-order valence-corrected chi connectivity index (χ3v) is 5.02. The number of likely N-dealkylation sites (tertiary alicyclic amines) is 1. The molecule has 0 aromatic heterocycles. The average Bonchev–Trinajstić information content (AvgIpc) is 3.22. The van der Waals surface area contributed by atoms with Crippen LogP contribution < -0.4 is 10.2 Å². The molecule has 1 amide bonds. The molecule has 0 spiro atoms. The molecule has 5 nitrogen and oxygen atoms in total. The van der Waals surface area contributed by atoms with Crippen molar-refractivity contribution in [1.29, 1.82) is 0 Å². The van der Waals surface area contributed by atoms with Crippen LogP contribution in [0.15, 0.2) is 47.6 Å². The summed E-state index contributed by atoms with van der Waals surface area (Å²) in [4.78, 5) is 13.9. The number of benzene rings is 2. The normalized spacial score (nSPS) is 14.3. The number of carbonyl (C=O) groups excluding carboxylic acids is 1. The summed E-state index contributed by atoms with van der Waals surface area (Å²) in [5, 5.41) is 5.10. The maximum atomic E-state index is 12.0. The molecule has 0 unspecified atom stereocenters. The summed E-state index contributed by atoms with van der Waals surface area (Å²) in [6.07, 6.45) is 2.17. The van der Waals surface area contributed by atoms with Gasteiger partial charge in [0.1, 0.15) is 5.75 Å². The molecule has 142 valence electrons. The highest BCUT2D eigenvalue weighted by molar-refractivity contribution is 6.31. The topological polar surface area (TPSA) is 53.9 Å². The second kappa shape index (κ2) is 8.91. The number of carbonyl (C=O) groups is 1. The lowest BCUT2D eigenvalue weighted by Gasteiger charge is -2.15. The van der Waals surface area contributed by atoms with Crippen LogP contribution in [0.3, 0.4) is 0 Å². The van der Waals surface area contributed by atoms with Crippen molar-refractivity contribution in [2.75, 3.05) is 25.1 Å². The number of halogens is 1. The van der Waals surface area contributed by atoms with Gasteiger partial charge in [-0.25, -0.2) is 0 Å². The predicted molar refractivity (Wildman–Crippen MR) is 110 cm³/mol. The van der Waals surface area contributed by atoms with Gasteiger partial charge in [0.15, 0.2) is 6.61 Å². The van der Waals surface area contributed by atoms with E-state index in [-0.39, 0.29) is 12.5 Å². The summed E-state index contributed by atoms with van der Waals surface area (Å²) in [6, 6.07) is 13.3. The molecule has 1 aliphatic rings. The van der Waals surface area contributed by atoms with Crippen LogP contribution in [0.4, 0.5) is 5.69 Å². The second-order valence-electron chi connectivity index (χ2n) is 6.67. The van der Waals surface area contributed by atoms with Crippen LogP contribution in [0.2, 0.25) is 5.02 Å². The lowest BCUT2D eigenvalue weighted by Crippen LogP contribution is -2.32. The quantitative estimate of drug-likeness (QED) is 0.589. The Morgan fingerprint density at radius 1 is 1.19 bits per heavy atom. The molecule has 0 aliphatic carbocycles. The number of aryl methyl sites for hydroxylation is 1. The number of hydrazone groups is 1. The maximum Gasteiger partial charge on any atom is 0.260 e. The fourth-order valence-electron chi connectivity index (χ4n) is 2.87. The number of anilines is 1. The van der Waals surface area contributed by atoms with Gasteiger partial charge in [-0.1, -0.05) is 17.7 Å². The first-order valence-corrected chi connectivity index (χ1v) is 9.48. The zero-order chi connectivity index (χ0) is 19.2. The monoisotopic (exact) mass is 385 g/mol. The molecule has 3 rings (SSSR count). The van der Waals surface area contributed by atoms with Crippen molar-refractivity contribution in [2.24, 2.45) is 5.10 Å². The van der Waals surface area contributed by atoms with Gasteiger partial charge < -0.3 is 9.64 Å². The molecule has 0 saturated carbocycles. The Bertz CT molecular complexity index is 828. The first-order chi connectivity index (χ1) is 13.0. The van der Waals surface area contributed by atoms with E-state index in [0.29, 0.717) is 10.8 Å². The van der Waals surface area contributed by atoms with Crippen LogP contribution in [0.1, 0.15) is 30.9 Å². The molecule has 1 fully saturated rings. The van der Waals surface area contributed by atoms with Gasteiger partial charge in [0.05, 0.1) is 11.4 Å². The summed E-state index contributed by atoms with van der Waals surface area (Å²) in [5.41, 5.74) is 6.70. The van der Waals surface area contributed by atoms with Gasteiger partial charge in [-0.2, -0.15) is 5.10 Å². The van der Waals surface area contributed by atoms with Crippen molar-refractivity contribution in [3.05, 3.63) is 58.6 Å². The Hall–Kier alpha value is -2.53. The second-order valence-corrected chi connectivity index (χ2v) is 7.08. The van der Waals surface area contributed by atoms with Gasteiger partial charge in [0, 0.05) is 18.1 Å². The van der Waals surface area contributed by atoms with Crippen molar-refractivity contribution < 1.29 is 9.53 Å². The Morgan fingerprint density at radius 2 is 1.89 bits per heavy atom. The lowest BCUT2D eigenvalue weighted by atomic mass is 10.1. The predicted octanol–water partition coefficient (Wildman–Crippen LogP) is 4.49. The Balaban J connectivity index is 1.55. The van der Waals surface area contributed by atoms with Crippen molar-refractivity contribution in [1.82, 2.24) is 4.90 Å². The largest absolute Gasteiger partial charge is 0.484 e. The molecule has 0 atom stereocenters. The highest BCUT2D eigenvalue weighted by Crippen LogP contribution is 2.20. The lowest BCUT2D eigenvalue weighted by molar-refractivity contribution is -0.132. The van der Waals surface area contributed by atoms with E-state index >= 15 is 0 Å². The van der Waals surface area contributed by atoms with E-state index < -0.39 is 0 Å². The van der Waals surface area contributed by atoms with Crippen LogP contribution in [0.25, 0.3) is 0 Å². The molecule has 27 heavy (non-hydrogen) atoms. The molecule has 0 bridgehead atoms. The fraction of sp³-hybridized carbons (Fsp3) is 0.333. The number of hydrogen-bond donors (Lipinski definition) is 1. The Morgan fingerprint density at radius 3 is 2.56 bits per heavy atom. The summed E-state index contributed by atoms with van der Waals surface area (Å²) in [5.74, 6) is 0.729.